The molecule has 2 rings (SSSR count). The lowest BCUT2D eigenvalue weighted by Gasteiger charge is -2.31. The Balaban J connectivity index is 2.34. The third-order valence-electron chi connectivity index (χ3n) is 4.00. The quantitative estimate of drug-likeness (QED) is 0.586. The van der Waals surface area contributed by atoms with Crippen molar-refractivity contribution < 1.29 is 9.53 Å². The second-order valence-corrected chi connectivity index (χ2v) is 5.12. The number of ether oxygens (including phenoxy) is 1. The van der Waals surface area contributed by atoms with Gasteiger partial charge >= 0.3 is 5.97 Å². The van der Waals surface area contributed by atoms with E-state index in [9.17, 15) is 4.79 Å². The highest BCUT2D eigenvalue weighted by molar-refractivity contribution is 5.74. The van der Waals surface area contributed by atoms with Crippen molar-refractivity contribution in [2.45, 2.75) is 32.6 Å². The van der Waals surface area contributed by atoms with Crippen LogP contribution in [-0.4, -0.2) is 13.1 Å². The molecule has 18 heavy (non-hydrogen) atoms. The van der Waals surface area contributed by atoms with E-state index in [0.717, 1.165) is 12.8 Å². The molecular weight excluding hydrogens is 224 g/mol. The largest absolute Gasteiger partial charge is 0.469 e. The second-order valence-electron chi connectivity index (χ2n) is 5.12. The van der Waals surface area contributed by atoms with E-state index in [1.165, 1.54) is 23.8 Å². The minimum atomic E-state index is -0.0873. The smallest absolute Gasteiger partial charge is 0.309 e. The molecule has 1 aliphatic rings. The highest BCUT2D eigenvalue weighted by Crippen LogP contribution is 2.40. The van der Waals surface area contributed by atoms with E-state index in [-0.39, 0.29) is 17.8 Å². The summed E-state index contributed by atoms with van der Waals surface area (Å²) in [5.41, 5.74) is 3.97. The van der Waals surface area contributed by atoms with Gasteiger partial charge in [-0.3, -0.25) is 4.79 Å². The van der Waals surface area contributed by atoms with Crippen LogP contribution >= 0.6 is 0 Å². The highest BCUT2D eigenvalue weighted by atomic mass is 16.5. The molecular formula is C16H20O2. The highest BCUT2D eigenvalue weighted by Gasteiger charge is 2.34. The number of esters is 1. The van der Waals surface area contributed by atoms with Crippen LogP contribution in [0.3, 0.4) is 0 Å². The molecule has 0 unspecified atom stereocenters. The number of methoxy groups -OCH3 is 1. The van der Waals surface area contributed by atoms with Gasteiger partial charge < -0.3 is 4.74 Å². The van der Waals surface area contributed by atoms with E-state index in [0.29, 0.717) is 0 Å². The number of benzene rings is 1. The first kappa shape index (κ1) is 12.9. The van der Waals surface area contributed by atoms with Gasteiger partial charge in [-0.15, -0.1) is 0 Å². The van der Waals surface area contributed by atoms with Crippen molar-refractivity contribution in [1.82, 2.24) is 0 Å². The predicted octanol–water partition coefficient (Wildman–Crippen LogP) is 3.69. The first-order valence-corrected chi connectivity index (χ1v) is 6.41. The molecule has 1 aromatic rings. The first-order chi connectivity index (χ1) is 8.63. The van der Waals surface area contributed by atoms with Crippen LogP contribution < -0.4 is 0 Å². The van der Waals surface area contributed by atoms with E-state index < -0.39 is 0 Å². The third kappa shape index (κ3) is 2.47. The maximum absolute atomic E-state index is 12.0. The third-order valence-corrected chi connectivity index (χ3v) is 4.00. The summed E-state index contributed by atoms with van der Waals surface area (Å²) in [6, 6.07) is 10.3. The van der Waals surface area contributed by atoms with Gasteiger partial charge in [0.2, 0.25) is 0 Å². The fraction of sp³-hybridized carbons (Fsp3) is 0.438. The van der Waals surface area contributed by atoms with Crippen LogP contribution in [0.2, 0.25) is 0 Å². The Morgan fingerprint density at radius 1 is 1.11 bits per heavy atom. The zero-order chi connectivity index (χ0) is 13.1. The molecule has 2 nitrogen and oxygen atoms in total. The van der Waals surface area contributed by atoms with E-state index in [2.05, 4.69) is 26.0 Å². The van der Waals surface area contributed by atoms with Gasteiger partial charge in [-0.1, -0.05) is 41.5 Å². The van der Waals surface area contributed by atoms with Crippen molar-refractivity contribution >= 4 is 5.97 Å². The second kappa shape index (κ2) is 5.38. The number of allylic oxidation sites excluding steroid dienone is 2. The molecule has 2 atom stereocenters. The summed E-state index contributed by atoms with van der Waals surface area (Å²) in [4.78, 5) is 12.0. The summed E-state index contributed by atoms with van der Waals surface area (Å²) >= 11 is 0. The summed E-state index contributed by atoms with van der Waals surface area (Å²) < 4.78 is 4.96. The van der Waals surface area contributed by atoms with Crippen LogP contribution in [0.1, 0.15) is 38.2 Å². The van der Waals surface area contributed by atoms with Gasteiger partial charge in [-0.05, 0) is 32.3 Å². The molecule has 0 heterocycles. The minimum absolute atomic E-state index is 0.0406. The van der Waals surface area contributed by atoms with Crippen LogP contribution in [0, 0.1) is 5.92 Å². The Hall–Kier alpha value is -1.57. The van der Waals surface area contributed by atoms with Crippen molar-refractivity contribution in [2.24, 2.45) is 5.92 Å². The average molecular weight is 244 g/mol. The lowest BCUT2D eigenvalue weighted by Crippen LogP contribution is -2.27. The lowest BCUT2D eigenvalue weighted by molar-refractivity contribution is -0.146. The molecule has 1 aliphatic carbocycles. The van der Waals surface area contributed by atoms with Gasteiger partial charge in [-0.2, -0.15) is 0 Å². The van der Waals surface area contributed by atoms with E-state index >= 15 is 0 Å². The molecule has 0 aliphatic heterocycles. The molecule has 0 amide bonds. The number of carbonyl (C=O) groups is 1. The number of carbonyl (C=O) groups excluding carboxylic acids is 1. The van der Waals surface area contributed by atoms with Crippen molar-refractivity contribution in [3.05, 3.63) is 47.0 Å². The Kier molecular flexibility index (Phi) is 3.85. The Bertz CT molecular complexity index is 459. The number of hydrogen-bond acceptors (Lipinski definition) is 2. The van der Waals surface area contributed by atoms with Gasteiger partial charge in [-0.25, -0.2) is 0 Å². The average Bonchev–Trinajstić information content (AvgIpc) is 2.41. The van der Waals surface area contributed by atoms with E-state index in [1.807, 2.05) is 18.2 Å². The van der Waals surface area contributed by atoms with Crippen molar-refractivity contribution in [3.63, 3.8) is 0 Å². The van der Waals surface area contributed by atoms with Gasteiger partial charge in [0.1, 0.15) is 0 Å². The lowest BCUT2D eigenvalue weighted by atomic mass is 9.73. The van der Waals surface area contributed by atoms with Crippen LogP contribution in [-0.2, 0) is 9.53 Å². The van der Waals surface area contributed by atoms with Crippen molar-refractivity contribution in [2.75, 3.05) is 7.11 Å². The molecule has 0 saturated heterocycles. The summed E-state index contributed by atoms with van der Waals surface area (Å²) in [5, 5.41) is 0. The molecule has 0 N–H and O–H groups in total. The minimum Gasteiger partial charge on any atom is -0.469 e. The summed E-state index contributed by atoms with van der Waals surface area (Å²) in [6.45, 7) is 4.28. The van der Waals surface area contributed by atoms with Crippen LogP contribution in [0.25, 0.3) is 0 Å². The zero-order valence-electron chi connectivity index (χ0n) is 11.3. The molecule has 96 valence electrons. The summed E-state index contributed by atoms with van der Waals surface area (Å²) in [6.07, 6.45) is 1.77. The summed E-state index contributed by atoms with van der Waals surface area (Å²) in [7, 11) is 1.48. The molecule has 2 heteroatoms. The van der Waals surface area contributed by atoms with Gasteiger partial charge in [0.25, 0.3) is 0 Å². The summed E-state index contributed by atoms with van der Waals surface area (Å²) in [5.74, 6) is 0.124. The van der Waals surface area contributed by atoms with E-state index in [1.54, 1.807) is 0 Å². The van der Waals surface area contributed by atoms with Crippen LogP contribution in [0.15, 0.2) is 41.5 Å². The predicted molar refractivity (Wildman–Crippen MR) is 72.3 cm³/mol. The fourth-order valence-corrected chi connectivity index (χ4v) is 2.74. The maximum atomic E-state index is 12.0. The monoisotopic (exact) mass is 244 g/mol. The van der Waals surface area contributed by atoms with Gasteiger partial charge in [0.05, 0.1) is 13.0 Å². The standard InChI is InChI=1S/C16H20O2/c1-11-9-14(13-7-5-4-6-8-13)15(10-12(11)2)16(17)18-3/h4-8,14-15H,9-10H2,1-3H3/t14-,15-/m0/s1. The Labute approximate surface area is 109 Å². The van der Waals surface area contributed by atoms with Crippen molar-refractivity contribution in [1.29, 1.82) is 0 Å². The molecule has 0 fully saturated rings. The maximum Gasteiger partial charge on any atom is 0.309 e. The zero-order valence-corrected chi connectivity index (χ0v) is 11.3. The van der Waals surface area contributed by atoms with E-state index in [4.69, 9.17) is 4.74 Å². The van der Waals surface area contributed by atoms with Crippen LogP contribution in [0.4, 0.5) is 0 Å². The molecule has 0 saturated carbocycles. The van der Waals surface area contributed by atoms with Crippen molar-refractivity contribution in [3.8, 4) is 0 Å². The number of rotatable bonds is 2. The molecule has 0 spiro atoms. The SMILES string of the molecule is COC(=O)[C@H]1CC(C)=C(C)C[C@H]1c1ccccc1. The molecule has 1 aromatic carbocycles. The number of hydrogen-bond donors (Lipinski definition) is 0. The van der Waals surface area contributed by atoms with Gasteiger partial charge in [0, 0.05) is 5.92 Å². The fourth-order valence-electron chi connectivity index (χ4n) is 2.74. The van der Waals surface area contributed by atoms with Crippen LogP contribution in [0.5, 0.6) is 0 Å². The molecule has 0 radical (unpaired) electrons. The Morgan fingerprint density at radius 3 is 2.33 bits per heavy atom. The van der Waals surface area contributed by atoms with Gasteiger partial charge in [0.15, 0.2) is 0 Å². The molecule has 0 bridgehead atoms. The topological polar surface area (TPSA) is 26.3 Å². The molecule has 0 aromatic heterocycles. The normalized spacial score (nSPS) is 23.9. The first-order valence-electron chi connectivity index (χ1n) is 6.41. The Morgan fingerprint density at radius 2 is 1.72 bits per heavy atom.